The second-order valence-corrected chi connectivity index (χ2v) is 26.0. The fourth-order valence-corrected chi connectivity index (χ4v) is 12.3. The van der Waals surface area contributed by atoms with E-state index in [-0.39, 0.29) is 38.4 Å². The Morgan fingerprint density at radius 3 is 1.96 bits per heavy atom. The largest absolute Gasteiger partial charge is 0.469 e. The molecule has 1 atom stereocenters. The fraction of sp³-hybridized carbons (Fsp3) is 0.485. The Hall–Kier alpha value is -4.96. The fourth-order valence-electron chi connectivity index (χ4n) is 12.3. The molecular weight excluding hydrogens is 848 g/mol. The highest BCUT2D eigenvalue weighted by atomic mass is 16.3. The van der Waals surface area contributed by atoms with Crippen LogP contribution in [0.2, 0.25) is 0 Å². The summed E-state index contributed by atoms with van der Waals surface area (Å²) in [4.78, 5) is 4.88. The molecule has 0 N–H and O–H groups in total. The number of rotatable bonds is 10. The highest BCUT2D eigenvalue weighted by Crippen LogP contribution is 2.57. The van der Waals surface area contributed by atoms with Crippen molar-refractivity contribution in [3.8, 4) is 0 Å². The topological polar surface area (TPSA) is 19.6 Å². The number of nitrogens with zero attached hydrogens (tertiary/aromatic N) is 2. The average molecular weight is 934 g/mol. The molecule has 4 heteroatoms. The van der Waals surface area contributed by atoms with E-state index in [0.717, 1.165) is 53.7 Å². The Morgan fingerprint density at radius 2 is 1.39 bits per heavy atom. The molecule has 1 unspecified atom stereocenters. The van der Waals surface area contributed by atoms with Gasteiger partial charge in [-0.05, 0) is 190 Å². The molecule has 70 heavy (non-hydrogen) atoms. The van der Waals surface area contributed by atoms with Gasteiger partial charge in [-0.25, -0.2) is 0 Å². The van der Waals surface area contributed by atoms with Gasteiger partial charge < -0.3 is 14.2 Å². The number of allylic oxidation sites excluding steroid dienone is 14. The lowest BCUT2D eigenvalue weighted by atomic mass is 9.52. The van der Waals surface area contributed by atoms with Crippen molar-refractivity contribution in [1.82, 2.24) is 0 Å². The minimum absolute atomic E-state index is 0.0561. The van der Waals surface area contributed by atoms with Crippen LogP contribution in [0.3, 0.4) is 0 Å². The van der Waals surface area contributed by atoms with Gasteiger partial charge in [0.2, 0.25) is 7.28 Å². The molecule has 0 saturated heterocycles. The molecule has 0 spiro atoms. The minimum atomic E-state index is -0.163. The predicted octanol–water partition coefficient (Wildman–Crippen LogP) is 17.9. The number of hydrogen-bond donors (Lipinski definition) is 0. The summed E-state index contributed by atoms with van der Waals surface area (Å²) in [7, 11) is 2.27. The predicted molar refractivity (Wildman–Crippen MR) is 306 cm³/mol. The van der Waals surface area contributed by atoms with Crippen molar-refractivity contribution in [2.75, 3.05) is 9.80 Å². The Morgan fingerprint density at radius 1 is 0.771 bits per heavy atom. The van der Waals surface area contributed by atoms with E-state index in [2.05, 4.69) is 231 Å². The second-order valence-electron chi connectivity index (χ2n) is 26.0. The molecule has 2 heterocycles. The maximum absolute atomic E-state index is 7.30. The molecule has 9 rings (SSSR count). The first kappa shape index (κ1) is 51.4. The van der Waals surface area contributed by atoms with Gasteiger partial charge in [0.05, 0.1) is 11.3 Å². The first-order valence-corrected chi connectivity index (χ1v) is 26.8. The number of fused-ring (bicyclic) bond motifs is 6. The number of hydrogen-bond acceptors (Lipinski definition) is 3. The summed E-state index contributed by atoms with van der Waals surface area (Å²) in [6, 6.07) is 9.98. The van der Waals surface area contributed by atoms with Gasteiger partial charge in [0.15, 0.2) is 0 Å². The first-order chi connectivity index (χ1) is 32.8. The quantitative estimate of drug-likeness (QED) is 0.115. The van der Waals surface area contributed by atoms with Gasteiger partial charge in [-0.2, -0.15) is 0 Å². The highest BCUT2D eigenvalue weighted by molar-refractivity contribution is 6.60. The van der Waals surface area contributed by atoms with Gasteiger partial charge in [-0.3, -0.25) is 0 Å². The summed E-state index contributed by atoms with van der Waals surface area (Å²) in [5, 5.41) is 1.15. The summed E-state index contributed by atoms with van der Waals surface area (Å²) in [5.41, 5.74) is 17.6. The molecule has 2 aromatic carbocycles. The molecule has 1 fully saturated rings. The number of aryl methyl sites for hydroxylation is 1. The molecule has 0 amide bonds. The molecule has 2 bridgehead atoms. The Bertz CT molecular complexity index is 2790. The lowest BCUT2D eigenvalue weighted by molar-refractivity contribution is 0.188. The summed E-state index contributed by atoms with van der Waals surface area (Å²) in [6.45, 7) is 44.5. The SMILES string of the molecule is C=C/C=C1\C=C\N(c2cc3c(cc2C)C(C)(C)CCC3(C)C)/C(CC(C=C)C(C)C)=C\[B]c2oc3cc4c(cc3c2N1/C=C/C(=C(\C=C\C1=CCCC=C1)C(C)(C)C)C(C)(C)C)C1(C)CCC4(C)CC1. The van der Waals surface area contributed by atoms with Gasteiger partial charge in [-0.1, -0.05) is 158 Å². The average Bonchev–Trinajstić information content (AvgIpc) is 3.64. The second kappa shape index (κ2) is 18.9. The van der Waals surface area contributed by atoms with Crippen LogP contribution >= 0.6 is 0 Å². The Kier molecular flexibility index (Phi) is 13.9. The molecule has 1 aliphatic heterocycles. The van der Waals surface area contributed by atoms with Crippen molar-refractivity contribution in [1.29, 1.82) is 0 Å². The first-order valence-electron chi connectivity index (χ1n) is 26.8. The van der Waals surface area contributed by atoms with Gasteiger partial charge in [0.25, 0.3) is 0 Å². The lowest BCUT2D eigenvalue weighted by Gasteiger charge is -2.52. The number of benzene rings is 2. The Balaban J connectivity index is 1.42. The molecule has 6 aliphatic rings. The van der Waals surface area contributed by atoms with Crippen LogP contribution in [0.5, 0.6) is 0 Å². The highest BCUT2D eigenvalue weighted by Gasteiger charge is 2.48. The third-order valence-corrected chi connectivity index (χ3v) is 17.3. The number of anilines is 2. The van der Waals surface area contributed by atoms with E-state index in [1.54, 1.807) is 0 Å². The van der Waals surface area contributed by atoms with E-state index < -0.39 is 0 Å². The zero-order chi connectivity index (χ0) is 50.8. The van der Waals surface area contributed by atoms with Crippen LogP contribution in [0.15, 0.2) is 149 Å². The third-order valence-electron chi connectivity index (χ3n) is 17.3. The van der Waals surface area contributed by atoms with Gasteiger partial charge in [0, 0.05) is 34.9 Å². The van der Waals surface area contributed by atoms with Crippen molar-refractivity contribution in [3.63, 3.8) is 0 Å². The zero-order valence-electron chi connectivity index (χ0n) is 46.1. The smallest absolute Gasteiger partial charge is 0.236 e. The van der Waals surface area contributed by atoms with E-state index in [9.17, 15) is 0 Å². The minimum Gasteiger partial charge on any atom is -0.469 e. The van der Waals surface area contributed by atoms with Crippen molar-refractivity contribution in [3.05, 3.63) is 172 Å². The summed E-state index contributed by atoms with van der Waals surface area (Å²) < 4.78 is 7.30. The Labute approximate surface area is 426 Å². The maximum atomic E-state index is 7.30. The van der Waals surface area contributed by atoms with Crippen molar-refractivity contribution in [2.45, 2.75) is 183 Å². The van der Waals surface area contributed by atoms with Crippen LogP contribution in [0.25, 0.3) is 11.0 Å². The van der Waals surface area contributed by atoms with Crippen LogP contribution in [-0.4, -0.2) is 7.28 Å². The molecule has 3 aromatic rings. The van der Waals surface area contributed by atoms with Crippen LogP contribution in [0.1, 0.15) is 183 Å². The van der Waals surface area contributed by atoms with E-state index in [1.807, 2.05) is 6.08 Å². The van der Waals surface area contributed by atoms with Crippen LogP contribution in [0.4, 0.5) is 11.4 Å². The molecule has 1 saturated carbocycles. The zero-order valence-corrected chi connectivity index (χ0v) is 46.1. The van der Waals surface area contributed by atoms with Gasteiger partial charge >= 0.3 is 0 Å². The van der Waals surface area contributed by atoms with E-state index in [0.29, 0.717) is 5.92 Å². The van der Waals surface area contributed by atoms with Crippen molar-refractivity contribution < 1.29 is 4.42 Å². The van der Waals surface area contributed by atoms with Crippen LogP contribution in [-0.2, 0) is 21.7 Å². The number of furan rings is 1. The molecule has 3 nitrogen and oxygen atoms in total. The van der Waals surface area contributed by atoms with Crippen molar-refractivity contribution in [2.24, 2.45) is 22.7 Å². The molecule has 369 valence electrons. The summed E-state index contributed by atoms with van der Waals surface area (Å²) in [5.74, 6) is 3.04. The molecule has 1 radical (unpaired) electrons. The van der Waals surface area contributed by atoms with Crippen molar-refractivity contribution >= 4 is 35.3 Å². The van der Waals surface area contributed by atoms with Crippen LogP contribution < -0.4 is 15.5 Å². The van der Waals surface area contributed by atoms with E-state index in [4.69, 9.17) is 4.42 Å². The summed E-state index contributed by atoms with van der Waals surface area (Å²) in [6.07, 6.45) is 37.5. The normalized spacial score (nSPS) is 25.8. The molecule has 5 aliphatic carbocycles. The van der Waals surface area contributed by atoms with E-state index >= 15 is 0 Å². The lowest BCUT2D eigenvalue weighted by Crippen LogP contribution is -2.44. The standard InChI is InChI=1S/C66H86BN2O/c1-18-23-48-28-36-68(57-41-54-53(38-45(57)5)63(12,13)30-31-64(54,14)15)49(39-47(19-2)44(3)4)43-67-60-59(50-40-55-56(42-58(50)70-60)66(17)34-32-65(55,16)33-35-66)69(48)37-29-52(62(9,10)11)51(61(6,7)8)27-26-46-24-21-20-22-25-46/h18-19,21,23-29,36-38,40-44,47H,1-2,20,22,30-35,39H2,3-17H3/b27-26+,36-28+,37-29+,48-23+,49-43-,52-51-. The maximum Gasteiger partial charge on any atom is 0.236 e. The van der Waals surface area contributed by atoms with Gasteiger partial charge in [-0.15, -0.1) is 6.58 Å². The van der Waals surface area contributed by atoms with E-state index in [1.165, 1.54) is 88.0 Å². The van der Waals surface area contributed by atoms with Gasteiger partial charge in [0.1, 0.15) is 5.58 Å². The third kappa shape index (κ3) is 9.84. The molecule has 1 aromatic heterocycles. The molecular formula is C66H86BN2O. The summed E-state index contributed by atoms with van der Waals surface area (Å²) >= 11 is 0. The monoisotopic (exact) mass is 934 g/mol. The van der Waals surface area contributed by atoms with Crippen LogP contribution in [0, 0.1) is 29.6 Å².